The number of benzene rings is 2. The van der Waals surface area contributed by atoms with Crippen LogP contribution >= 0.6 is 0 Å². The van der Waals surface area contributed by atoms with E-state index < -0.39 is 23.5 Å². The van der Waals surface area contributed by atoms with E-state index in [-0.39, 0.29) is 12.0 Å². The molecular weight excluding hydrogens is 312 g/mol. The van der Waals surface area contributed by atoms with Crippen molar-refractivity contribution in [3.05, 3.63) is 70.9 Å². The SMILES string of the molecule is CCc1cccc2c([C@H](CC(=O)O)c3ccc(F)cc3F)c[nH]c12. The van der Waals surface area contributed by atoms with Gasteiger partial charge in [0.1, 0.15) is 11.6 Å². The first-order valence-corrected chi connectivity index (χ1v) is 7.76. The van der Waals surface area contributed by atoms with Gasteiger partial charge in [-0.2, -0.15) is 0 Å². The molecular formula is C19H17F2NO2. The molecule has 0 radical (unpaired) electrons. The molecule has 1 aromatic heterocycles. The van der Waals surface area contributed by atoms with E-state index in [2.05, 4.69) is 4.98 Å². The van der Waals surface area contributed by atoms with Crippen molar-refractivity contribution in [2.45, 2.75) is 25.7 Å². The maximum Gasteiger partial charge on any atom is 0.304 e. The fourth-order valence-electron chi connectivity index (χ4n) is 3.17. The van der Waals surface area contributed by atoms with E-state index in [1.807, 2.05) is 25.1 Å². The smallest absolute Gasteiger partial charge is 0.304 e. The molecule has 1 atom stereocenters. The van der Waals surface area contributed by atoms with Crippen molar-refractivity contribution in [3.63, 3.8) is 0 Å². The van der Waals surface area contributed by atoms with Crippen LogP contribution < -0.4 is 0 Å². The highest BCUT2D eigenvalue weighted by atomic mass is 19.1. The van der Waals surface area contributed by atoms with Crippen LogP contribution in [-0.4, -0.2) is 16.1 Å². The third-order valence-electron chi connectivity index (χ3n) is 4.31. The number of hydrogen-bond acceptors (Lipinski definition) is 1. The summed E-state index contributed by atoms with van der Waals surface area (Å²) in [6, 6.07) is 9.04. The number of para-hydroxylation sites is 1. The molecule has 0 unspecified atom stereocenters. The minimum absolute atomic E-state index is 0.182. The van der Waals surface area contributed by atoms with Crippen LogP contribution in [0.2, 0.25) is 0 Å². The monoisotopic (exact) mass is 329 g/mol. The van der Waals surface area contributed by atoms with Crippen molar-refractivity contribution in [1.29, 1.82) is 0 Å². The number of aromatic nitrogens is 1. The molecule has 3 rings (SSSR count). The van der Waals surface area contributed by atoms with Crippen LogP contribution in [0.4, 0.5) is 8.78 Å². The van der Waals surface area contributed by atoms with Crippen LogP contribution in [-0.2, 0) is 11.2 Å². The van der Waals surface area contributed by atoms with E-state index in [0.29, 0.717) is 5.56 Å². The Bertz CT molecular complexity index is 902. The summed E-state index contributed by atoms with van der Waals surface area (Å²) in [5.41, 5.74) is 2.91. The highest BCUT2D eigenvalue weighted by Crippen LogP contribution is 2.35. The predicted molar refractivity (Wildman–Crippen MR) is 88.1 cm³/mol. The molecule has 1 heterocycles. The molecule has 0 amide bonds. The van der Waals surface area contributed by atoms with Crippen LogP contribution in [0.25, 0.3) is 10.9 Å². The van der Waals surface area contributed by atoms with Crippen LogP contribution in [0.5, 0.6) is 0 Å². The first kappa shape index (κ1) is 16.2. The van der Waals surface area contributed by atoms with Gasteiger partial charge in [-0.15, -0.1) is 0 Å². The van der Waals surface area contributed by atoms with Gasteiger partial charge in [0.2, 0.25) is 0 Å². The van der Waals surface area contributed by atoms with Gasteiger partial charge in [0.15, 0.2) is 0 Å². The van der Waals surface area contributed by atoms with Gasteiger partial charge in [-0.3, -0.25) is 4.79 Å². The number of halogens is 2. The number of rotatable bonds is 5. The van der Waals surface area contributed by atoms with E-state index >= 15 is 0 Å². The number of H-pyrrole nitrogens is 1. The summed E-state index contributed by atoms with van der Waals surface area (Å²) in [5, 5.41) is 10.1. The van der Waals surface area contributed by atoms with Crippen LogP contribution in [0.1, 0.15) is 36.0 Å². The highest BCUT2D eigenvalue weighted by molar-refractivity contribution is 5.87. The number of aryl methyl sites for hydroxylation is 1. The maximum absolute atomic E-state index is 14.2. The van der Waals surface area contributed by atoms with E-state index in [1.54, 1.807) is 6.20 Å². The van der Waals surface area contributed by atoms with Gasteiger partial charge in [0.05, 0.1) is 6.42 Å². The van der Waals surface area contributed by atoms with Gasteiger partial charge in [-0.25, -0.2) is 8.78 Å². The Morgan fingerprint density at radius 2 is 2.00 bits per heavy atom. The molecule has 5 heteroatoms. The van der Waals surface area contributed by atoms with Crippen molar-refractivity contribution in [2.75, 3.05) is 0 Å². The third-order valence-corrected chi connectivity index (χ3v) is 4.31. The lowest BCUT2D eigenvalue weighted by atomic mass is 9.87. The Balaban J connectivity index is 2.18. The Kier molecular flexibility index (Phi) is 4.34. The van der Waals surface area contributed by atoms with Crippen LogP contribution in [0, 0.1) is 11.6 Å². The summed E-state index contributed by atoms with van der Waals surface area (Å²) in [5.74, 6) is -3.14. The number of hydrogen-bond donors (Lipinski definition) is 2. The normalized spacial score (nSPS) is 12.5. The minimum Gasteiger partial charge on any atom is -0.481 e. The lowest BCUT2D eigenvalue weighted by Crippen LogP contribution is -2.09. The number of aliphatic carboxylic acids is 1. The number of carbonyl (C=O) groups is 1. The fraction of sp³-hybridized carbons (Fsp3) is 0.211. The van der Waals surface area contributed by atoms with Crippen molar-refractivity contribution in [2.24, 2.45) is 0 Å². The summed E-state index contributed by atoms with van der Waals surface area (Å²) < 4.78 is 27.5. The molecule has 0 aliphatic rings. The molecule has 3 nitrogen and oxygen atoms in total. The predicted octanol–water partition coefficient (Wildman–Crippen LogP) is 4.62. The number of fused-ring (bicyclic) bond motifs is 1. The fourth-order valence-corrected chi connectivity index (χ4v) is 3.17. The quantitative estimate of drug-likeness (QED) is 0.718. The average Bonchev–Trinajstić information content (AvgIpc) is 2.96. The average molecular weight is 329 g/mol. The molecule has 3 aromatic rings. The molecule has 0 spiro atoms. The van der Waals surface area contributed by atoms with E-state index in [0.717, 1.165) is 35.0 Å². The van der Waals surface area contributed by atoms with Crippen molar-refractivity contribution >= 4 is 16.9 Å². The van der Waals surface area contributed by atoms with Gasteiger partial charge in [-0.1, -0.05) is 31.2 Å². The summed E-state index contributed by atoms with van der Waals surface area (Å²) in [4.78, 5) is 14.5. The third kappa shape index (κ3) is 2.89. The molecule has 24 heavy (non-hydrogen) atoms. The molecule has 124 valence electrons. The Hall–Kier alpha value is -2.69. The zero-order valence-corrected chi connectivity index (χ0v) is 13.1. The second-order valence-electron chi connectivity index (χ2n) is 5.75. The summed E-state index contributed by atoms with van der Waals surface area (Å²) >= 11 is 0. The van der Waals surface area contributed by atoms with E-state index in [9.17, 15) is 18.7 Å². The number of nitrogens with one attached hydrogen (secondary N) is 1. The Labute approximate surface area is 137 Å². The lowest BCUT2D eigenvalue weighted by Gasteiger charge is -2.16. The topological polar surface area (TPSA) is 53.1 Å². The molecule has 2 N–H and O–H groups in total. The molecule has 0 aliphatic heterocycles. The standard InChI is InChI=1S/C19H17F2NO2/c1-2-11-4-3-5-14-16(10-22-19(11)14)15(9-18(23)24)13-7-6-12(20)8-17(13)21/h3-8,10,15,22H,2,9H2,1H3,(H,23,24)/t15-/m1/s1. The Morgan fingerprint density at radius 1 is 1.21 bits per heavy atom. The van der Waals surface area contributed by atoms with Crippen LogP contribution in [0.15, 0.2) is 42.6 Å². The van der Waals surface area contributed by atoms with Gasteiger partial charge in [0.25, 0.3) is 0 Å². The summed E-state index contributed by atoms with van der Waals surface area (Å²) in [6.45, 7) is 2.03. The minimum atomic E-state index is -1.04. The molecule has 0 saturated heterocycles. The molecule has 2 aromatic carbocycles. The first-order valence-electron chi connectivity index (χ1n) is 7.76. The van der Waals surface area contributed by atoms with Gasteiger partial charge in [-0.05, 0) is 29.2 Å². The maximum atomic E-state index is 14.2. The second-order valence-corrected chi connectivity index (χ2v) is 5.75. The van der Waals surface area contributed by atoms with Crippen LogP contribution in [0.3, 0.4) is 0 Å². The number of carboxylic acids is 1. The van der Waals surface area contributed by atoms with E-state index in [4.69, 9.17) is 0 Å². The zero-order chi connectivity index (χ0) is 17.3. The molecule has 0 bridgehead atoms. The van der Waals surface area contributed by atoms with E-state index in [1.165, 1.54) is 6.07 Å². The second kappa shape index (κ2) is 6.43. The summed E-state index contributed by atoms with van der Waals surface area (Å²) in [6.07, 6.45) is 2.28. The van der Waals surface area contributed by atoms with Gasteiger partial charge >= 0.3 is 5.97 Å². The first-order chi connectivity index (χ1) is 11.5. The zero-order valence-electron chi connectivity index (χ0n) is 13.1. The Morgan fingerprint density at radius 3 is 2.67 bits per heavy atom. The van der Waals surface area contributed by atoms with Crippen molar-refractivity contribution < 1.29 is 18.7 Å². The molecule has 0 aliphatic carbocycles. The number of carboxylic acid groups (broad SMARTS) is 1. The van der Waals surface area contributed by atoms with Gasteiger partial charge in [0, 0.05) is 29.1 Å². The van der Waals surface area contributed by atoms with Gasteiger partial charge < -0.3 is 10.1 Å². The van der Waals surface area contributed by atoms with Crippen molar-refractivity contribution in [3.8, 4) is 0 Å². The number of aromatic amines is 1. The molecule has 0 saturated carbocycles. The highest BCUT2D eigenvalue weighted by Gasteiger charge is 2.24. The van der Waals surface area contributed by atoms with Crippen molar-refractivity contribution in [1.82, 2.24) is 4.98 Å². The molecule has 0 fully saturated rings. The summed E-state index contributed by atoms with van der Waals surface area (Å²) in [7, 11) is 0. The largest absolute Gasteiger partial charge is 0.481 e. The lowest BCUT2D eigenvalue weighted by molar-refractivity contribution is -0.137.